The molecule has 0 spiro atoms. The van der Waals surface area contributed by atoms with Crippen LogP contribution in [0, 0.1) is 0 Å². The fourth-order valence-corrected chi connectivity index (χ4v) is 1.76. The van der Waals surface area contributed by atoms with E-state index in [0.29, 0.717) is 6.54 Å². The number of likely N-dealkylation sites (N-methyl/N-ethyl adjacent to an activating group) is 1. The van der Waals surface area contributed by atoms with Crippen LogP contribution in [0.5, 0.6) is 0 Å². The number of carbonyl (C=O) groups excluding carboxylic acids is 3. The number of amides is 4. The summed E-state index contributed by atoms with van der Waals surface area (Å²) in [6, 6.07) is -0.254. The van der Waals surface area contributed by atoms with Gasteiger partial charge in [0, 0.05) is 11.6 Å². The zero-order valence-corrected chi connectivity index (χ0v) is 13.3. The Kier molecular flexibility index (Phi) is 6.14. The average Bonchev–Trinajstić information content (AvgIpc) is 3.08. The van der Waals surface area contributed by atoms with Crippen molar-refractivity contribution in [2.75, 3.05) is 19.6 Å². The van der Waals surface area contributed by atoms with E-state index in [-0.39, 0.29) is 30.6 Å². The fraction of sp³-hybridized carbons (Fsp3) is 0.786. The minimum Gasteiger partial charge on any atom is -0.350 e. The van der Waals surface area contributed by atoms with Crippen molar-refractivity contribution < 1.29 is 14.4 Å². The highest BCUT2D eigenvalue weighted by molar-refractivity contribution is 5.95. The zero-order valence-electron chi connectivity index (χ0n) is 13.3. The third-order valence-corrected chi connectivity index (χ3v) is 2.86. The first-order valence-electron chi connectivity index (χ1n) is 7.33. The highest BCUT2D eigenvalue weighted by atomic mass is 16.2. The maximum absolute atomic E-state index is 11.8. The van der Waals surface area contributed by atoms with Gasteiger partial charge in [-0.15, -0.1) is 0 Å². The predicted molar refractivity (Wildman–Crippen MR) is 79.7 cm³/mol. The van der Waals surface area contributed by atoms with Crippen LogP contribution < -0.4 is 16.0 Å². The first kappa shape index (κ1) is 17.4. The van der Waals surface area contributed by atoms with Crippen molar-refractivity contribution in [1.82, 2.24) is 20.9 Å². The lowest BCUT2D eigenvalue weighted by Crippen LogP contribution is -2.49. The van der Waals surface area contributed by atoms with Crippen molar-refractivity contribution in [2.24, 2.45) is 0 Å². The summed E-state index contributed by atoms with van der Waals surface area (Å²) in [6.45, 7) is 8.26. The number of rotatable bonds is 6. The second kappa shape index (κ2) is 7.40. The fourth-order valence-electron chi connectivity index (χ4n) is 1.76. The maximum Gasteiger partial charge on any atom is 0.321 e. The summed E-state index contributed by atoms with van der Waals surface area (Å²) in [4.78, 5) is 36.7. The van der Waals surface area contributed by atoms with Crippen molar-refractivity contribution in [3.63, 3.8) is 0 Å². The molecule has 0 aromatic heterocycles. The van der Waals surface area contributed by atoms with Crippen LogP contribution in [0.4, 0.5) is 4.79 Å². The molecular formula is C14H26N4O3. The number of urea groups is 1. The van der Waals surface area contributed by atoms with Crippen molar-refractivity contribution in [3.05, 3.63) is 0 Å². The molecule has 0 aromatic carbocycles. The molecule has 1 fully saturated rings. The third kappa shape index (κ3) is 8.29. The SMILES string of the molecule is CCN(CC(=O)NC(=O)NC1CC1)CC(=O)NC(C)(C)C. The lowest BCUT2D eigenvalue weighted by Gasteiger charge is -2.24. The van der Waals surface area contributed by atoms with Gasteiger partial charge in [0.2, 0.25) is 11.8 Å². The smallest absolute Gasteiger partial charge is 0.321 e. The van der Waals surface area contributed by atoms with Gasteiger partial charge in [-0.25, -0.2) is 4.79 Å². The van der Waals surface area contributed by atoms with Gasteiger partial charge < -0.3 is 10.6 Å². The molecule has 0 atom stereocenters. The van der Waals surface area contributed by atoms with Crippen LogP contribution in [-0.4, -0.2) is 54.0 Å². The molecule has 1 aliphatic rings. The normalized spacial score (nSPS) is 14.7. The van der Waals surface area contributed by atoms with Gasteiger partial charge in [0.1, 0.15) is 0 Å². The Hall–Kier alpha value is -1.63. The van der Waals surface area contributed by atoms with Gasteiger partial charge in [0.15, 0.2) is 0 Å². The Bertz CT molecular complexity index is 400. The molecule has 0 bridgehead atoms. The number of hydrogen-bond acceptors (Lipinski definition) is 4. The van der Waals surface area contributed by atoms with Gasteiger partial charge in [-0.3, -0.25) is 19.8 Å². The molecule has 0 heterocycles. The van der Waals surface area contributed by atoms with Crippen LogP contribution in [0.2, 0.25) is 0 Å². The number of imide groups is 1. The van der Waals surface area contributed by atoms with Gasteiger partial charge >= 0.3 is 6.03 Å². The van der Waals surface area contributed by atoms with Crippen molar-refractivity contribution in [1.29, 1.82) is 0 Å². The molecule has 4 amide bonds. The lowest BCUT2D eigenvalue weighted by atomic mass is 10.1. The molecule has 0 aromatic rings. The van der Waals surface area contributed by atoms with E-state index >= 15 is 0 Å². The van der Waals surface area contributed by atoms with E-state index in [1.807, 2.05) is 27.7 Å². The van der Waals surface area contributed by atoms with Gasteiger partial charge in [-0.2, -0.15) is 0 Å². The largest absolute Gasteiger partial charge is 0.350 e. The standard InChI is InChI=1S/C14H26N4O3/c1-5-18(9-12(20)17-14(2,3)4)8-11(19)16-13(21)15-10-6-7-10/h10H,5-9H2,1-4H3,(H,17,20)(H2,15,16,19,21). The van der Waals surface area contributed by atoms with Crippen LogP contribution in [0.15, 0.2) is 0 Å². The van der Waals surface area contributed by atoms with E-state index in [2.05, 4.69) is 16.0 Å². The topological polar surface area (TPSA) is 90.5 Å². The lowest BCUT2D eigenvalue weighted by molar-refractivity contribution is -0.125. The maximum atomic E-state index is 11.8. The number of nitrogens with zero attached hydrogens (tertiary/aromatic N) is 1. The molecule has 0 aliphatic heterocycles. The molecule has 7 nitrogen and oxygen atoms in total. The first-order valence-corrected chi connectivity index (χ1v) is 7.33. The average molecular weight is 298 g/mol. The summed E-state index contributed by atoms with van der Waals surface area (Å²) in [5.74, 6) is -0.543. The Balaban J connectivity index is 2.32. The predicted octanol–water partition coefficient (Wildman–Crippen LogP) is 0.211. The summed E-state index contributed by atoms with van der Waals surface area (Å²) < 4.78 is 0. The highest BCUT2D eigenvalue weighted by Gasteiger charge is 2.24. The number of carbonyl (C=O) groups is 3. The van der Waals surface area contributed by atoms with Crippen molar-refractivity contribution in [3.8, 4) is 0 Å². The van der Waals surface area contributed by atoms with Gasteiger partial charge in [0.25, 0.3) is 0 Å². The molecule has 0 saturated heterocycles. The minimum absolute atomic E-state index is 0.0200. The minimum atomic E-state index is -0.460. The Morgan fingerprint density at radius 3 is 2.14 bits per heavy atom. The summed E-state index contributed by atoms with van der Waals surface area (Å²) in [7, 11) is 0. The molecule has 0 unspecified atom stereocenters. The molecule has 1 saturated carbocycles. The molecular weight excluding hydrogens is 272 g/mol. The van der Waals surface area contributed by atoms with Crippen LogP contribution in [0.25, 0.3) is 0 Å². The summed E-state index contributed by atoms with van der Waals surface area (Å²) in [5, 5.41) is 7.80. The zero-order chi connectivity index (χ0) is 16.0. The van der Waals surface area contributed by atoms with Gasteiger partial charge in [0.05, 0.1) is 13.1 Å². The van der Waals surface area contributed by atoms with E-state index in [4.69, 9.17) is 0 Å². The van der Waals surface area contributed by atoms with Crippen LogP contribution >= 0.6 is 0 Å². The van der Waals surface area contributed by atoms with E-state index in [0.717, 1.165) is 12.8 Å². The van der Waals surface area contributed by atoms with Gasteiger partial charge in [-0.1, -0.05) is 6.92 Å². The Morgan fingerprint density at radius 1 is 1.10 bits per heavy atom. The van der Waals surface area contributed by atoms with E-state index < -0.39 is 11.9 Å². The number of nitrogens with one attached hydrogen (secondary N) is 3. The summed E-state index contributed by atoms with van der Waals surface area (Å²) in [6.07, 6.45) is 1.94. The molecule has 3 N–H and O–H groups in total. The molecule has 7 heteroatoms. The molecule has 21 heavy (non-hydrogen) atoms. The summed E-state index contributed by atoms with van der Waals surface area (Å²) >= 11 is 0. The molecule has 1 aliphatic carbocycles. The Labute approximate surface area is 125 Å². The van der Waals surface area contributed by atoms with E-state index in [9.17, 15) is 14.4 Å². The quantitative estimate of drug-likeness (QED) is 0.654. The molecule has 0 radical (unpaired) electrons. The van der Waals surface area contributed by atoms with Crippen molar-refractivity contribution in [2.45, 2.75) is 52.1 Å². The monoisotopic (exact) mass is 298 g/mol. The van der Waals surface area contributed by atoms with Gasteiger partial charge in [-0.05, 0) is 40.2 Å². The second-order valence-electron chi connectivity index (χ2n) is 6.40. The second-order valence-corrected chi connectivity index (χ2v) is 6.40. The molecule has 120 valence electrons. The third-order valence-electron chi connectivity index (χ3n) is 2.86. The summed E-state index contributed by atoms with van der Waals surface area (Å²) in [5.41, 5.74) is -0.303. The van der Waals surface area contributed by atoms with Crippen LogP contribution in [0.1, 0.15) is 40.5 Å². The van der Waals surface area contributed by atoms with E-state index in [1.54, 1.807) is 4.90 Å². The van der Waals surface area contributed by atoms with E-state index in [1.165, 1.54) is 0 Å². The highest BCUT2D eigenvalue weighted by Crippen LogP contribution is 2.18. The van der Waals surface area contributed by atoms with Crippen molar-refractivity contribution >= 4 is 17.8 Å². The molecule has 1 rings (SSSR count). The number of hydrogen-bond donors (Lipinski definition) is 3. The van der Waals surface area contributed by atoms with Crippen LogP contribution in [0.3, 0.4) is 0 Å². The Morgan fingerprint density at radius 2 is 1.67 bits per heavy atom. The first-order chi connectivity index (χ1) is 9.69. The van der Waals surface area contributed by atoms with Crippen LogP contribution in [-0.2, 0) is 9.59 Å².